The minimum Gasteiger partial charge on any atom is -0.493 e. The summed E-state index contributed by atoms with van der Waals surface area (Å²) in [6, 6.07) is 15.7. The van der Waals surface area contributed by atoms with Gasteiger partial charge in [-0.05, 0) is 37.5 Å². The van der Waals surface area contributed by atoms with Gasteiger partial charge in [0.15, 0.2) is 0 Å². The van der Waals surface area contributed by atoms with E-state index in [0.717, 1.165) is 65.4 Å². The smallest absolute Gasteiger partial charge is 0.310 e. The number of hydrogen-bond acceptors (Lipinski definition) is 5. The minimum atomic E-state index is -0.256. The van der Waals surface area contributed by atoms with Gasteiger partial charge in [-0.1, -0.05) is 88.8 Å². The van der Waals surface area contributed by atoms with Crippen LogP contribution in [0, 0.1) is 0 Å². The fourth-order valence-electron chi connectivity index (χ4n) is 5.27. The summed E-state index contributed by atoms with van der Waals surface area (Å²) in [4.78, 5) is 27.7. The van der Waals surface area contributed by atoms with Crippen molar-refractivity contribution in [2.75, 3.05) is 24.7 Å². The van der Waals surface area contributed by atoms with Crippen molar-refractivity contribution in [1.29, 1.82) is 0 Å². The van der Waals surface area contributed by atoms with Crippen LogP contribution in [0.15, 0.2) is 48.5 Å². The first-order chi connectivity index (χ1) is 19.6. The van der Waals surface area contributed by atoms with Crippen LogP contribution >= 0.6 is 0 Å². The molecule has 1 amide bonds. The van der Waals surface area contributed by atoms with Crippen molar-refractivity contribution in [1.82, 2.24) is 0 Å². The lowest BCUT2D eigenvalue weighted by Crippen LogP contribution is -2.23. The van der Waals surface area contributed by atoms with Crippen LogP contribution in [-0.4, -0.2) is 31.7 Å². The van der Waals surface area contributed by atoms with Crippen LogP contribution in [0.1, 0.15) is 93.6 Å². The van der Waals surface area contributed by atoms with Crippen molar-refractivity contribution in [2.24, 2.45) is 0 Å². The second kappa shape index (κ2) is 14.7. The molecule has 6 nitrogen and oxygen atoms in total. The van der Waals surface area contributed by atoms with Crippen molar-refractivity contribution >= 4 is 28.3 Å². The van der Waals surface area contributed by atoms with Gasteiger partial charge in [-0.25, -0.2) is 0 Å². The number of carbonyl (C=O) groups is 2. The Balaban J connectivity index is 1.67. The van der Waals surface area contributed by atoms with Crippen LogP contribution in [0.3, 0.4) is 0 Å². The Morgan fingerprint density at radius 3 is 1.98 bits per heavy atom. The standard InChI is InChI=1S/C34H43NO5/c1-4-7-9-13-21-39-32-27-15-11-12-16-28(27)33(40-22-14-10-8-5-2)31-29(32)24-35(34(31)37)26-19-17-25(18-20-26)23-30(36)38-6-3/h11-12,15-20H,4-10,13-14,21-24H2,1-3H3. The molecular weight excluding hydrogens is 502 g/mol. The Morgan fingerprint density at radius 2 is 1.38 bits per heavy atom. The van der Waals surface area contributed by atoms with Crippen LogP contribution in [0.25, 0.3) is 10.8 Å². The van der Waals surface area contributed by atoms with E-state index < -0.39 is 0 Å². The van der Waals surface area contributed by atoms with Crippen molar-refractivity contribution in [3.63, 3.8) is 0 Å². The fraction of sp³-hybridized carbons (Fsp3) is 0.471. The van der Waals surface area contributed by atoms with Crippen molar-refractivity contribution in [3.05, 3.63) is 65.2 Å². The lowest BCUT2D eigenvalue weighted by atomic mass is 9.99. The van der Waals surface area contributed by atoms with Gasteiger partial charge in [0.2, 0.25) is 0 Å². The molecule has 1 aliphatic heterocycles. The first-order valence-electron chi connectivity index (χ1n) is 15.0. The molecule has 214 valence electrons. The van der Waals surface area contributed by atoms with E-state index >= 15 is 0 Å². The quantitative estimate of drug-likeness (QED) is 0.135. The summed E-state index contributed by atoms with van der Waals surface area (Å²) < 4.78 is 17.9. The highest BCUT2D eigenvalue weighted by molar-refractivity contribution is 6.16. The number of hydrogen-bond donors (Lipinski definition) is 0. The van der Waals surface area contributed by atoms with Gasteiger partial charge in [-0.15, -0.1) is 0 Å². The molecule has 6 heteroatoms. The molecule has 0 saturated carbocycles. The van der Waals surface area contributed by atoms with E-state index in [9.17, 15) is 9.59 Å². The van der Waals surface area contributed by atoms with E-state index in [1.165, 1.54) is 19.3 Å². The van der Waals surface area contributed by atoms with Crippen LogP contribution in [0.2, 0.25) is 0 Å². The molecule has 0 aliphatic carbocycles. The monoisotopic (exact) mass is 545 g/mol. The highest BCUT2D eigenvalue weighted by Gasteiger charge is 2.36. The molecule has 0 aromatic heterocycles. The maximum Gasteiger partial charge on any atom is 0.310 e. The normalized spacial score (nSPS) is 12.6. The van der Waals surface area contributed by atoms with Gasteiger partial charge < -0.3 is 19.1 Å². The zero-order valence-electron chi connectivity index (χ0n) is 24.3. The number of amides is 1. The SMILES string of the molecule is CCCCCCOc1c2c(c(OCCCCCC)c3ccccc13)C(=O)N(c1ccc(CC(=O)OCC)cc1)C2. The number of anilines is 1. The van der Waals surface area contributed by atoms with E-state index in [1.54, 1.807) is 11.8 Å². The third-order valence-corrected chi connectivity index (χ3v) is 7.38. The lowest BCUT2D eigenvalue weighted by molar-refractivity contribution is -0.142. The maximum absolute atomic E-state index is 14.0. The fourth-order valence-corrected chi connectivity index (χ4v) is 5.27. The largest absolute Gasteiger partial charge is 0.493 e. The molecule has 40 heavy (non-hydrogen) atoms. The average molecular weight is 546 g/mol. The molecule has 0 saturated heterocycles. The lowest BCUT2D eigenvalue weighted by Gasteiger charge is -2.18. The molecule has 3 aromatic rings. The number of fused-ring (bicyclic) bond motifs is 2. The molecule has 0 atom stereocenters. The summed E-state index contributed by atoms with van der Waals surface area (Å²) >= 11 is 0. The van der Waals surface area contributed by atoms with E-state index in [4.69, 9.17) is 14.2 Å². The summed E-state index contributed by atoms with van der Waals surface area (Å²) in [5, 5.41) is 1.90. The van der Waals surface area contributed by atoms with E-state index in [1.807, 2.05) is 42.5 Å². The first-order valence-corrected chi connectivity index (χ1v) is 15.0. The first kappa shape index (κ1) is 29.4. The van der Waals surface area contributed by atoms with Crippen molar-refractivity contribution < 1.29 is 23.8 Å². The molecule has 0 N–H and O–H groups in total. The Labute approximate surface area is 238 Å². The van der Waals surface area contributed by atoms with E-state index in [-0.39, 0.29) is 18.3 Å². The molecule has 0 bridgehead atoms. The maximum atomic E-state index is 14.0. The molecule has 1 aliphatic rings. The van der Waals surface area contributed by atoms with Crippen molar-refractivity contribution in [2.45, 2.75) is 85.1 Å². The third kappa shape index (κ3) is 6.96. The van der Waals surface area contributed by atoms with Crippen LogP contribution in [-0.2, 0) is 22.5 Å². The van der Waals surface area contributed by atoms with Crippen LogP contribution in [0.4, 0.5) is 5.69 Å². The number of ether oxygens (including phenoxy) is 3. The van der Waals surface area contributed by atoms with Crippen molar-refractivity contribution in [3.8, 4) is 11.5 Å². The zero-order chi connectivity index (χ0) is 28.3. The summed E-state index contributed by atoms with van der Waals surface area (Å²) in [5.41, 5.74) is 3.12. The predicted octanol–water partition coefficient (Wildman–Crippen LogP) is 8.02. The van der Waals surface area contributed by atoms with Gasteiger partial charge in [0, 0.05) is 22.0 Å². The molecule has 0 radical (unpaired) electrons. The molecule has 0 unspecified atom stereocenters. The summed E-state index contributed by atoms with van der Waals surface area (Å²) in [6.45, 7) is 8.15. The van der Waals surface area contributed by atoms with Gasteiger partial charge in [0.1, 0.15) is 11.5 Å². The average Bonchev–Trinajstić information content (AvgIpc) is 3.30. The molecular formula is C34H43NO5. The third-order valence-electron chi connectivity index (χ3n) is 7.38. The minimum absolute atomic E-state index is 0.0849. The predicted molar refractivity (Wildman–Crippen MR) is 161 cm³/mol. The highest BCUT2D eigenvalue weighted by Crippen LogP contribution is 2.46. The Morgan fingerprint density at radius 1 is 0.775 bits per heavy atom. The van der Waals surface area contributed by atoms with Gasteiger partial charge in [-0.3, -0.25) is 9.59 Å². The highest BCUT2D eigenvalue weighted by atomic mass is 16.5. The second-order valence-corrected chi connectivity index (χ2v) is 10.4. The number of rotatable bonds is 16. The van der Waals surface area contributed by atoms with Gasteiger partial charge in [0.25, 0.3) is 5.91 Å². The molecule has 0 fully saturated rings. The molecule has 1 heterocycles. The molecule has 4 rings (SSSR count). The number of carbonyl (C=O) groups excluding carboxylic acids is 2. The van der Waals surface area contributed by atoms with Gasteiger partial charge >= 0.3 is 5.97 Å². The van der Waals surface area contributed by atoms with E-state index in [2.05, 4.69) is 19.9 Å². The zero-order valence-corrected chi connectivity index (χ0v) is 24.3. The molecule has 0 spiro atoms. The number of esters is 1. The summed E-state index contributed by atoms with van der Waals surface area (Å²) in [5.74, 6) is 1.11. The Kier molecular flexibility index (Phi) is 10.8. The van der Waals surface area contributed by atoms with Crippen LogP contribution in [0.5, 0.6) is 11.5 Å². The number of unbranched alkanes of at least 4 members (excludes halogenated alkanes) is 6. The Bertz CT molecular complexity index is 1280. The van der Waals surface area contributed by atoms with Gasteiger partial charge in [0.05, 0.1) is 38.3 Å². The molecule has 3 aromatic carbocycles. The van der Waals surface area contributed by atoms with Crippen LogP contribution < -0.4 is 14.4 Å². The topological polar surface area (TPSA) is 65.1 Å². The summed E-state index contributed by atoms with van der Waals surface area (Å²) in [6.07, 6.45) is 9.06. The number of benzene rings is 3. The summed E-state index contributed by atoms with van der Waals surface area (Å²) in [7, 11) is 0. The van der Waals surface area contributed by atoms with E-state index in [0.29, 0.717) is 37.7 Å². The van der Waals surface area contributed by atoms with Gasteiger partial charge in [-0.2, -0.15) is 0 Å². The second-order valence-electron chi connectivity index (χ2n) is 10.4. The number of nitrogens with zero attached hydrogens (tertiary/aromatic N) is 1. The Hall–Kier alpha value is -3.54.